The predicted molar refractivity (Wildman–Crippen MR) is 54.7 cm³/mol. The molecule has 2 rings (SSSR count). The summed E-state index contributed by atoms with van der Waals surface area (Å²) < 4.78 is 0. The fourth-order valence-electron chi connectivity index (χ4n) is 2.03. The van der Waals surface area contributed by atoms with Gasteiger partial charge in [0.05, 0.1) is 6.10 Å². The van der Waals surface area contributed by atoms with Gasteiger partial charge >= 0.3 is 0 Å². The van der Waals surface area contributed by atoms with Crippen molar-refractivity contribution >= 4 is 5.78 Å². The third-order valence-corrected chi connectivity index (χ3v) is 2.95. The number of aliphatic hydroxyl groups is 1. The number of allylic oxidation sites excluding steroid dienone is 5. The van der Waals surface area contributed by atoms with Crippen LogP contribution in [0, 0.1) is 5.41 Å². The van der Waals surface area contributed by atoms with E-state index in [2.05, 4.69) is 6.08 Å². The Morgan fingerprint density at radius 3 is 2.57 bits per heavy atom. The highest BCUT2D eigenvalue weighted by Crippen LogP contribution is 2.41. The van der Waals surface area contributed by atoms with E-state index in [9.17, 15) is 9.90 Å². The van der Waals surface area contributed by atoms with E-state index in [4.69, 9.17) is 0 Å². The van der Waals surface area contributed by atoms with Gasteiger partial charge in [-0.3, -0.25) is 4.79 Å². The normalized spacial score (nSPS) is 25.6. The maximum absolute atomic E-state index is 11.0. The molecular weight excluding hydrogens is 176 g/mol. The quantitative estimate of drug-likeness (QED) is 0.640. The summed E-state index contributed by atoms with van der Waals surface area (Å²) >= 11 is 0. The zero-order valence-corrected chi connectivity index (χ0v) is 8.23. The van der Waals surface area contributed by atoms with Crippen LogP contribution in [0.1, 0.15) is 19.8 Å². The highest BCUT2D eigenvalue weighted by molar-refractivity contribution is 6.00. The fraction of sp³-hybridized carbons (Fsp3) is 0.417. The minimum Gasteiger partial charge on any atom is -0.389 e. The van der Waals surface area contributed by atoms with E-state index < -0.39 is 0 Å². The van der Waals surface area contributed by atoms with Gasteiger partial charge < -0.3 is 5.11 Å². The molecule has 0 radical (unpaired) electrons. The molecule has 0 fully saturated rings. The molecule has 1 unspecified atom stereocenters. The van der Waals surface area contributed by atoms with Crippen LogP contribution in [0.4, 0.5) is 0 Å². The van der Waals surface area contributed by atoms with Gasteiger partial charge in [0.2, 0.25) is 0 Å². The first-order valence-corrected chi connectivity index (χ1v) is 4.93. The van der Waals surface area contributed by atoms with Gasteiger partial charge in [-0.15, -0.1) is 0 Å². The lowest BCUT2D eigenvalue weighted by atomic mass is 9.84. The number of hydrogen-bond donors (Lipinski definition) is 1. The van der Waals surface area contributed by atoms with Crippen LogP contribution in [-0.2, 0) is 4.79 Å². The van der Waals surface area contributed by atoms with Crippen LogP contribution in [0.3, 0.4) is 0 Å². The Hall–Kier alpha value is -1.15. The molecular formula is C12H14O2. The molecule has 1 atom stereocenters. The molecule has 0 heterocycles. The third kappa shape index (κ3) is 1.58. The van der Waals surface area contributed by atoms with Crippen molar-refractivity contribution < 1.29 is 9.90 Å². The summed E-state index contributed by atoms with van der Waals surface area (Å²) in [6, 6.07) is 0. The van der Waals surface area contributed by atoms with Crippen LogP contribution < -0.4 is 0 Å². The lowest BCUT2D eigenvalue weighted by Crippen LogP contribution is -2.12. The molecule has 0 aromatic heterocycles. The maximum atomic E-state index is 11.0. The van der Waals surface area contributed by atoms with Crippen LogP contribution in [-0.4, -0.2) is 17.0 Å². The van der Waals surface area contributed by atoms with Crippen molar-refractivity contribution in [3.63, 3.8) is 0 Å². The first kappa shape index (κ1) is 9.41. The number of rotatable bonds is 1. The van der Waals surface area contributed by atoms with Crippen molar-refractivity contribution in [2.75, 3.05) is 0 Å². The summed E-state index contributed by atoms with van der Waals surface area (Å²) in [4.78, 5) is 11.0. The number of ketones is 1. The predicted octanol–water partition coefficient (Wildman–Crippen LogP) is 1.77. The molecule has 0 bridgehead atoms. The Balaban J connectivity index is 2.25. The minimum atomic E-state index is -0.367. The SMILES string of the molecule is CC(O)C1=CC2(C=CC(=O)C=C2)CC1. The second-order valence-corrected chi connectivity index (χ2v) is 4.08. The fourth-order valence-corrected chi connectivity index (χ4v) is 2.03. The smallest absolute Gasteiger partial charge is 0.178 e. The number of carbonyl (C=O) groups is 1. The average molecular weight is 190 g/mol. The zero-order valence-electron chi connectivity index (χ0n) is 8.23. The lowest BCUT2D eigenvalue weighted by Gasteiger charge is -2.20. The van der Waals surface area contributed by atoms with Gasteiger partial charge in [0.15, 0.2) is 5.78 Å². The van der Waals surface area contributed by atoms with Gasteiger partial charge in [-0.25, -0.2) is 0 Å². The van der Waals surface area contributed by atoms with Crippen molar-refractivity contribution in [3.8, 4) is 0 Å². The molecule has 74 valence electrons. The monoisotopic (exact) mass is 190 g/mol. The molecule has 1 N–H and O–H groups in total. The van der Waals surface area contributed by atoms with E-state index in [-0.39, 0.29) is 17.3 Å². The molecule has 2 aliphatic carbocycles. The molecule has 2 nitrogen and oxygen atoms in total. The minimum absolute atomic E-state index is 0.0505. The Bertz CT molecular complexity index is 329. The van der Waals surface area contributed by atoms with E-state index in [0.29, 0.717) is 0 Å². The van der Waals surface area contributed by atoms with Crippen molar-refractivity contribution in [2.45, 2.75) is 25.9 Å². The molecule has 14 heavy (non-hydrogen) atoms. The first-order valence-electron chi connectivity index (χ1n) is 4.93. The summed E-state index contributed by atoms with van der Waals surface area (Å²) in [7, 11) is 0. The van der Waals surface area contributed by atoms with Crippen molar-refractivity contribution in [2.24, 2.45) is 5.41 Å². The van der Waals surface area contributed by atoms with Crippen molar-refractivity contribution in [3.05, 3.63) is 36.0 Å². The molecule has 1 spiro atoms. The second kappa shape index (κ2) is 3.21. The maximum Gasteiger partial charge on any atom is 0.178 e. The van der Waals surface area contributed by atoms with Crippen LogP contribution in [0.25, 0.3) is 0 Å². The topological polar surface area (TPSA) is 37.3 Å². The molecule has 0 aromatic carbocycles. The van der Waals surface area contributed by atoms with Crippen LogP contribution in [0.15, 0.2) is 36.0 Å². The molecule has 2 heteroatoms. The van der Waals surface area contributed by atoms with Crippen LogP contribution >= 0.6 is 0 Å². The van der Waals surface area contributed by atoms with Gasteiger partial charge in [0, 0.05) is 5.41 Å². The van der Waals surface area contributed by atoms with Crippen molar-refractivity contribution in [1.29, 1.82) is 0 Å². The Morgan fingerprint density at radius 1 is 1.43 bits per heavy atom. The lowest BCUT2D eigenvalue weighted by molar-refractivity contribution is -0.110. The first-order chi connectivity index (χ1) is 6.61. The summed E-state index contributed by atoms with van der Waals surface area (Å²) in [6.45, 7) is 1.78. The number of aliphatic hydroxyl groups excluding tert-OH is 1. The van der Waals surface area contributed by atoms with Crippen LogP contribution in [0.5, 0.6) is 0 Å². The molecule has 0 aromatic rings. The summed E-state index contributed by atoms with van der Waals surface area (Å²) in [5.74, 6) is 0.0505. The zero-order chi connectivity index (χ0) is 10.2. The second-order valence-electron chi connectivity index (χ2n) is 4.08. The Labute approximate surface area is 83.6 Å². The standard InChI is InChI=1S/C12H14O2/c1-9(13)10-2-5-12(8-10)6-3-11(14)4-7-12/h3-4,6-9,13H,2,5H2,1H3. The number of hydrogen-bond acceptors (Lipinski definition) is 2. The van der Waals surface area contributed by atoms with E-state index in [0.717, 1.165) is 18.4 Å². The van der Waals surface area contributed by atoms with Gasteiger partial charge in [0.1, 0.15) is 0 Å². The van der Waals surface area contributed by atoms with E-state index in [1.54, 1.807) is 19.1 Å². The average Bonchev–Trinajstić information content (AvgIpc) is 2.56. The molecule has 0 aliphatic heterocycles. The van der Waals surface area contributed by atoms with Gasteiger partial charge in [-0.2, -0.15) is 0 Å². The van der Waals surface area contributed by atoms with Gasteiger partial charge in [-0.1, -0.05) is 18.2 Å². The van der Waals surface area contributed by atoms with Gasteiger partial charge in [-0.05, 0) is 37.5 Å². The molecule has 0 saturated heterocycles. The Morgan fingerprint density at radius 2 is 2.07 bits per heavy atom. The summed E-state index contributed by atoms with van der Waals surface area (Å²) in [6.07, 6.45) is 10.7. The molecule has 0 saturated carbocycles. The van der Waals surface area contributed by atoms with Crippen LogP contribution in [0.2, 0.25) is 0 Å². The number of carbonyl (C=O) groups excluding carboxylic acids is 1. The van der Waals surface area contributed by atoms with E-state index in [1.807, 2.05) is 12.2 Å². The summed E-state index contributed by atoms with van der Waals surface area (Å²) in [5.41, 5.74) is 0.980. The largest absolute Gasteiger partial charge is 0.389 e. The van der Waals surface area contributed by atoms with Crippen molar-refractivity contribution in [1.82, 2.24) is 0 Å². The Kier molecular flexibility index (Phi) is 2.16. The summed E-state index contributed by atoms with van der Waals surface area (Å²) in [5, 5.41) is 9.43. The molecule has 2 aliphatic rings. The molecule has 0 amide bonds. The van der Waals surface area contributed by atoms with E-state index >= 15 is 0 Å². The van der Waals surface area contributed by atoms with E-state index in [1.165, 1.54) is 0 Å². The highest BCUT2D eigenvalue weighted by atomic mass is 16.3. The highest BCUT2D eigenvalue weighted by Gasteiger charge is 2.30. The van der Waals surface area contributed by atoms with Gasteiger partial charge in [0.25, 0.3) is 0 Å². The third-order valence-electron chi connectivity index (χ3n) is 2.95.